The van der Waals surface area contributed by atoms with Crippen molar-refractivity contribution in [2.45, 2.75) is 46.3 Å². The molecular weight excluding hydrogens is 433 g/mol. The van der Waals surface area contributed by atoms with Gasteiger partial charge in [0.05, 0.1) is 24.1 Å². The summed E-state index contributed by atoms with van der Waals surface area (Å²) in [7, 11) is 1.56. The Balaban J connectivity index is 1.77. The third kappa shape index (κ3) is 4.37. The van der Waals surface area contributed by atoms with Gasteiger partial charge in [0.15, 0.2) is 5.65 Å². The molecule has 0 unspecified atom stereocenters. The van der Waals surface area contributed by atoms with Gasteiger partial charge in [0.25, 0.3) is 0 Å². The van der Waals surface area contributed by atoms with Crippen LogP contribution in [0.1, 0.15) is 37.4 Å². The van der Waals surface area contributed by atoms with Gasteiger partial charge in [-0.05, 0) is 36.0 Å². The third-order valence-electron chi connectivity index (χ3n) is 5.42. The van der Waals surface area contributed by atoms with Crippen LogP contribution in [-0.4, -0.2) is 26.2 Å². The molecule has 0 saturated heterocycles. The molecule has 0 aliphatic heterocycles. The summed E-state index contributed by atoms with van der Waals surface area (Å²) in [5.41, 5.74) is 2.00. The number of aryl methyl sites for hydroxylation is 2. The fraction of sp³-hybridized carbons (Fsp3) is 0.348. The molecule has 33 heavy (non-hydrogen) atoms. The van der Waals surface area contributed by atoms with Crippen molar-refractivity contribution in [3.8, 4) is 11.4 Å². The number of hydrogen-bond donors (Lipinski definition) is 1. The van der Waals surface area contributed by atoms with E-state index < -0.39 is 11.7 Å². The number of imidazole rings is 1. The van der Waals surface area contributed by atoms with Crippen molar-refractivity contribution in [3.63, 3.8) is 0 Å². The fourth-order valence-electron chi connectivity index (χ4n) is 3.76. The number of pyridine rings is 1. The predicted octanol–water partition coefficient (Wildman–Crippen LogP) is 4.86. The van der Waals surface area contributed by atoms with Crippen molar-refractivity contribution >= 4 is 17.0 Å². The van der Waals surface area contributed by atoms with Gasteiger partial charge in [0, 0.05) is 31.1 Å². The smallest absolute Gasteiger partial charge is 0.417 e. The van der Waals surface area contributed by atoms with E-state index in [1.165, 1.54) is 4.40 Å². The number of hydrogen-bond acceptors (Lipinski definition) is 4. The highest BCUT2D eigenvalue weighted by Crippen LogP contribution is 2.34. The monoisotopic (exact) mass is 459 g/mol. The highest BCUT2D eigenvalue weighted by Gasteiger charge is 2.32. The van der Waals surface area contributed by atoms with Crippen LogP contribution in [0.3, 0.4) is 0 Å². The van der Waals surface area contributed by atoms with Gasteiger partial charge < -0.3 is 14.5 Å². The number of benzene rings is 1. The van der Waals surface area contributed by atoms with Crippen LogP contribution in [0.5, 0.6) is 5.75 Å². The van der Waals surface area contributed by atoms with E-state index in [1.807, 2.05) is 29.3 Å². The fourth-order valence-corrected chi connectivity index (χ4v) is 3.76. The molecule has 0 amide bonds. The van der Waals surface area contributed by atoms with Crippen molar-refractivity contribution in [2.24, 2.45) is 0 Å². The van der Waals surface area contributed by atoms with Gasteiger partial charge in [0.2, 0.25) is 6.33 Å². The Morgan fingerprint density at radius 2 is 1.94 bits per heavy atom. The lowest BCUT2D eigenvalue weighted by atomic mass is 10.2. The Bertz CT molecular complexity index is 1290. The topological polar surface area (TPSA) is 60.3 Å². The number of anilines is 2. The highest BCUT2D eigenvalue weighted by molar-refractivity contribution is 5.76. The molecule has 10 heteroatoms. The van der Waals surface area contributed by atoms with Crippen LogP contribution in [0.4, 0.5) is 24.5 Å². The molecule has 0 atom stereocenters. The lowest BCUT2D eigenvalue weighted by Crippen LogP contribution is -2.44. The normalized spacial score (nSPS) is 11.8. The summed E-state index contributed by atoms with van der Waals surface area (Å²) in [5.74, 6) is 1.43. The van der Waals surface area contributed by atoms with Crippen LogP contribution in [0.25, 0.3) is 11.3 Å². The van der Waals surface area contributed by atoms with Gasteiger partial charge in [0.1, 0.15) is 18.0 Å². The second-order valence-corrected chi connectivity index (χ2v) is 7.73. The number of rotatable bonds is 7. The number of nitrogens with zero attached hydrogens (tertiary/aromatic N) is 5. The lowest BCUT2D eigenvalue weighted by Gasteiger charge is -2.15. The van der Waals surface area contributed by atoms with Crippen LogP contribution < -0.4 is 14.7 Å². The minimum Gasteiger partial charge on any atom is -0.494 e. The van der Waals surface area contributed by atoms with Crippen LogP contribution in [0, 0.1) is 6.92 Å². The van der Waals surface area contributed by atoms with Gasteiger partial charge in [-0.25, -0.2) is 4.98 Å². The molecule has 4 aromatic rings. The maximum Gasteiger partial charge on any atom is 0.417 e. The van der Waals surface area contributed by atoms with Gasteiger partial charge in [-0.3, -0.25) is 0 Å². The largest absolute Gasteiger partial charge is 0.494 e. The summed E-state index contributed by atoms with van der Waals surface area (Å²) in [6.07, 6.45) is 1.48. The second-order valence-electron chi connectivity index (χ2n) is 7.73. The standard InChI is InChI=1S/C23H26F3N6O/c1-5-9-31-15(3)27-14-32(31)20-8-7-18(11-21(20)33-4)28-19-10-16(23(24,25)26)12-30-13-17(6-2)29-22(19)30/h7-8,10-14,28H,5-6,9H2,1-4H3/q+1. The van der Waals surface area contributed by atoms with E-state index in [1.54, 1.807) is 31.8 Å². The van der Waals surface area contributed by atoms with Crippen LogP contribution in [0.15, 0.2) is 43.0 Å². The zero-order chi connectivity index (χ0) is 23.8. The first-order valence-corrected chi connectivity index (χ1v) is 10.7. The Labute approximate surface area is 189 Å². The zero-order valence-corrected chi connectivity index (χ0v) is 18.9. The molecular formula is C23H26F3N6O+. The summed E-state index contributed by atoms with van der Waals surface area (Å²) < 4.78 is 51.4. The number of fused-ring (bicyclic) bond motifs is 1. The van der Waals surface area contributed by atoms with Crippen molar-refractivity contribution in [1.82, 2.24) is 19.1 Å². The molecule has 7 nitrogen and oxygen atoms in total. The molecule has 3 aromatic heterocycles. The van der Waals surface area contributed by atoms with Crippen LogP contribution >= 0.6 is 0 Å². The summed E-state index contributed by atoms with van der Waals surface area (Å²) in [5, 5.41) is 3.10. The predicted molar refractivity (Wildman–Crippen MR) is 118 cm³/mol. The number of ether oxygens (including phenoxy) is 1. The van der Waals surface area contributed by atoms with Gasteiger partial charge in [-0.2, -0.15) is 13.2 Å². The van der Waals surface area contributed by atoms with Crippen LogP contribution in [0.2, 0.25) is 0 Å². The van der Waals surface area contributed by atoms with E-state index >= 15 is 0 Å². The summed E-state index contributed by atoms with van der Waals surface area (Å²) in [6, 6.07) is 6.48. The molecule has 4 rings (SSSR count). The number of alkyl halides is 3. The number of nitrogens with one attached hydrogen (secondary N) is 1. The maximum absolute atomic E-state index is 13.5. The highest BCUT2D eigenvalue weighted by atomic mass is 19.4. The van der Waals surface area contributed by atoms with Crippen molar-refractivity contribution < 1.29 is 22.6 Å². The molecule has 174 valence electrons. The molecule has 0 aliphatic rings. The van der Waals surface area contributed by atoms with Crippen LogP contribution in [-0.2, 0) is 19.1 Å². The maximum atomic E-state index is 13.5. The third-order valence-corrected chi connectivity index (χ3v) is 5.42. The zero-order valence-electron chi connectivity index (χ0n) is 18.9. The Hall–Kier alpha value is -3.56. The van der Waals surface area contributed by atoms with Gasteiger partial charge in [-0.15, -0.1) is 9.36 Å². The molecule has 0 saturated carbocycles. The molecule has 1 N–H and O–H groups in total. The molecule has 3 heterocycles. The second kappa shape index (κ2) is 8.76. The SMILES string of the molecule is CCC[n+]1c(C)ncn1-c1ccc(Nc2cc(C(F)(F)F)cn3cc(CC)nc23)cc1OC. The van der Waals surface area contributed by atoms with E-state index in [4.69, 9.17) is 4.74 Å². The molecule has 0 radical (unpaired) electrons. The minimum atomic E-state index is -4.48. The Kier molecular flexibility index (Phi) is 6.01. The van der Waals surface area contributed by atoms with Gasteiger partial charge >= 0.3 is 12.0 Å². The molecule has 0 spiro atoms. The van der Waals surface area contributed by atoms with Gasteiger partial charge in [-0.1, -0.05) is 13.8 Å². The number of aromatic nitrogens is 5. The quantitative estimate of drug-likeness (QED) is 0.401. The molecule has 0 aliphatic carbocycles. The van der Waals surface area contributed by atoms with E-state index in [-0.39, 0.29) is 5.69 Å². The summed E-state index contributed by atoms with van der Waals surface area (Å²) in [4.78, 5) is 8.87. The summed E-state index contributed by atoms with van der Waals surface area (Å²) >= 11 is 0. The first kappa shape index (κ1) is 22.6. The van der Waals surface area contributed by atoms with E-state index in [0.717, 1.165) is 36.7 Å². The first-order valence-electron chi connectivity index (χ1n) is 10.7. The first-order chi connectivity index (χ1) is 15.7. The van der Waals surface area contributed by atoms with Crippen molar-refractivity contribution in [1.29, 1.82) is 0 Å². The average Bonchev–Trinajstić information content (AvgIpc) is 3.37. The Morgan fingerprint density at radius 3 is 2.61 bits per heavy atom. The average molecular weight is 459 g/mol. The van der Waals surface area contributed by atoms with E-state index in [2.05, 4.69) is 22.2 Å². The Morgan fingerprint density at radius 1 is 1.15 bits per heavy atom. The molecule has 0 bridgehead atoms. The van der Waals surface area contributed by atoms with Crippen molar-refractivity contribution in [3.05, 3.63) is 60.1 Å². The number of halogens is 3. The number of methoxy groups -OCH3 is 1. The van der Waals surface area contributed by atoms with Crippen molar-refractivity contribution in [2.75, 3.05) is 12.4 Å². The van der Waals surface area contributed by atoms with E-state index in [9.17, 15) is 13.2 Å². The minimum absolute atomic E-state index is 0.263. The molecule has 1 aromatic carbocycles. The summed E-state index contributed by atoms with van der Waals surface area (Å²) in [6.45, 7) is 6.72. The van der Waals surface area contributed by atoms with E-state index in [0.29, 0.717) is 29.2 Å². The molecule has 0 fully saturated rings. The lowest BCUT2D eigenvalue weighted by molar-refractivity contribution is -0.772.